The summed E-state index contributed by atoms with van der Waals surface area (Å²) in [5.74, 6) is 1.58. The molecule has 0 radical (unpaired) electrons. The van der Waals surface area contributed by atoms with Gasteiger partial charge in [0, 0.05) is 48.7 Å². The van der Waals surface area contributed by atoms with Crippen LogP contribution in [0.1, 0.15) is 105 Å². The van der Waals surface area contributed by atoms with Crippen LogP contribution in [-0.4, -0.2) is 66.4 Å². The molecule has 0 bridgehead atoms. The van der Waals surface area contributed by atoms with Crippen LogP contribution in [0.4, 0.5) is 5.95 Å². The van der Waals surface area contributed by atoms with Crippen LogP contribution in [0, 0.1) is 19.8 Å². The van der Waals surface area contributed by atoms with Crippen LogP contribution in [-0.2, 0) is 0 Å². The number of likely N-dealkylation sites (tertiary alicyclic amines) is 1. The first-order chi connectivity index (χ1) is 18.9. The summed E-state index contributed by atoms with van der Waals surface area (Å²) in [5.41, 5.74) is 4.39. The van der Waals surface area contributed by atoms with Gasteiger partial charge >= 0.3 is 0 Å². The predicted octanol–water partition coefficient (Wildman–Crippen LogP) is 5.18. The number of amides is 1. The van der Waals surface area contributed by atoms with E-state index in [9.17, 15) is 9.90 Å². The molecule has 1 aliphatic heterocycles. The van der Waals surface area contributed by atoms with Crippen LogP contribution in [0.15, 0.2) is 18.3 Å². The molecule has 2 fully saturated rings. The lowest BCUT2D eigenvalue weighted by Crippen LogP contribution is -2.38. The number of nitrogens with zero attached hydrogens (tertiary/aromatic N) is 6. The van der Waals surface area contributed by atoms with Crippen molar-refractivity contribution in [2.75, 3.05) is 25.0 Å². The van der Waals surface area contributed by atoms with E-state index < -0.39 is 0 Å². The number of piperidine rings is 1. The summed E-state index contributed by atoms with van der Waals surface area (Å²) in [6.45, 7) is 10.6. The highest BCUT2D eigenvalue weighted by atomic mass is 16.3. The second-order valence-corrected chi connectivity index (χ2v) is 11.5. The van der Waals surface area contributed by atoms with Crippen molar-refractivity contribution in [3.63, 3.8) is 0 Å². The maximum Gasteiger partial charge on any atom is 0.253 e. The maximum atomic E-state index is 13.2. The fourth-order valence-corrected chi connectivity index (χ4v) is 6.20. The normalized spacial score (nSPS) is 20.6. The number of aliphatic hydroxyl groups excluding tert-OH is 1. The van der Waals surface area contributed by atoms with Crippen molar-refractivity contribution in [2.24, 2.45) is 5.92 Å². The van der Waals surface area contributed by atoms with Gasteiger partial charge in [-0.3, -0.25) is 9.78 Å². The number of fused-ring (bicyclic) bond motifs is 1. The highest BCUT2D eigenvalue weighted by Crippen LogP contribution is 2.36. The van der Waals surface area contributed by atoms with E-state index in [0.29, 0.717) is 25.0 Å². The van der Waals surface area contributed by atoms with Crippen molar-refractivity contribution < 1.29 is 9.90 Å². The average Bonchev–Trinajstić information content (AvgIpc) is 3.32. The van der Waals surface area contributed by atoms with Crippen molar-refractivity contribution in [1.29, 1.82) is 0 Å². The fraction of sp³-hybridized carbons (Fsp3) is 0.633. The van der Waals surface area contributed by atoms with Gasteiger partial charge in [0.2, 0.25) is 5.95 Å². The standard InChI is InChI=1S/C30H43N7O2/c1-5-21(6-2)17-31-30-32-18-26-27(35-37(28(26)34-30)24-7-9-25(38)10-8-24)22-11-13-36(14-12-22)29(39)23-15-19(3)33-20(4)16-23/h15-16,18,21-22,24-25,38H,5-14,17H2,1-4H3,(H,31,32,34). The minimum Gasteiger partial charge on any atom is -0.393 e. The molecule has 3 aromatic rings. The van der Waals surface area contributed by atoms with Crippen LogP contribution in [0.3, 0.4) is 0 Å². The number of hydrogen-bond donors (Lipinski definition) is 2. The molecule has 1 aliphatic carbocycles. The minimum absolute atomic E-state index is 0.0784. The molecule has 1 saturated carbocycles. The summed E-state index contributed by atoms with van der Waals surface area (Å²) in [7, 11) is 0. The van der Waals surface area contributed by atoms with Gasteiger partial charge in [-0.05, 0) is 70.4 Å². The van der Waals surface area contributed by atoms with E-state index in [2.05, 4.69) is 33.8 Å². The van der Waals surface area contributed by atoms with E-state index >= 15 is 0 Å². The van der Waals surface area contributed by atoms with Crippen molar-refractivity contribution in [2.45, 2.75) is 97.1 Å². The number of carbonyl (C=O) groups is 1. The second-order valence-electron chi connectivity index (χ2n) is 11.5. The SMILES string of the molecule is CCC(CC)CNc1ncc2c(C3CCN(C(=O)c4cc(C)nc(C)c4)CC3)nn(C3CCC(O)CC3)c2n1. The van der Waals surface area contributed by atoms with E-state index in [1.807, 2.05) is 37.1 Å². The monoisotopic (exact) mass is 533 g/mol. The highest BCUT2D eigenvalue weighted by Gasteiger charge is 2.31. The van der Waals surface area contributed by atoms with Crippen molar-refractivity contribution >= 4 is 22.9 Å². The molecule has 210 valence electrons. The Kier molecular flexibility index (Phi) is 8.45. The number of aromatic nitrogens is 5. The lowest BCUT2D eigenvalue weighted by atomic mass is 9.92. The Morgan fingerprint density at radius 2 is 1.69 bits per heavy atom. The average molecular weight is 534 g/mol. The lowest BCUT2D eigenvalue weighted by Gasteiger charge is -2.31. The Balaban J connectivity index is 1.37. The molecule has 0 aromatic carbocycles. The number of rotatable bonds is 8. The fourth-order valence-electron chi connectivity index (χ4n) is 6.20. The van der Waals surface area contributed by atoms with Crippen LogP contribution in [0.25, 0.3) is 11.0 Å². The third-order valence-electron chi connectivity index (χ3n) is 8.69. The number of pyridine rings is 1. The second kappa shape index (κ2) is 12.0. The summed E-state index contributed by atoms with van der Waals surface area (Å²) < 4.78 is 2.11. The first-order valence-corrected chi connectivity index (χ1v) is 14.8. The van der Waals surface area contributed by atoms with Gasteiger partial charge in [0.15, 0.2) is 5.65 Å². The Labute approximate surface area is 231 Å². The smallest absolute Gasteiger partial charge is 0.253 e. The van der Waals surface area contributed by atoms with E-state index in [1.54, 1.807) is 0 Å². The number of nitrogens with one attached hydrogen (secondary N) is 1. The molecule has 5 rings (SSSR count). The van der Waals surface area contributed by atoms with Gasteiger partial charge in [-0.15, -0.1) is 0 Å². The molecule has 2 N–H and O–H groups in total. The number of aliphatic hydroxyl groups is 1. The lowest BCUT2D eigenvalue weighted by molar-refractivity contribution is 0.0711. The zero-order valence-corrected chi connectivity index (χ0v) is 23.9. The van der Waals surface area contributed by atoms with Gasteiger partial charge in [0.25, 0.3) is 5.91 Å². The van der Waals surface area contributed by atoms with Crippen molar-refractivity contribution in [1.82, 2.24) is 29.6 Å². The quantitative estimate of drug-likeness (QED) is 0.410. The maximum absolute atomic E-state index is 13.2. The number of carbonyl (C=O) groups excluding carboxylic acids is 1. The summed E-state index contributed by atoms with van der Waals surface area (Å²) in [4.78, 5) is 29.2. The van der Waals surface area contributed by atoms with E-state index in [0.717, 1.165) is 91.6 Å². The molecule has 2 aliphatic rings. The Morgan fingerprint density at radius 3 is 2.33 bits per heavy atom. The molecular weight excluding hydrogens is 490 g/mol. The third-order valence-corrected chi connectivity index (χ3v) is 8.69. The number of anilines is 1. The third kappa shape index (κ3) is 6.08. The largest absolute Gasteiger partial charge is 0.393 e. The topological polar surface area (TPSA) is 109 Å². The summed E-state index contributed by atoms with van der Waals surface area (Å²) in [6, 6.07) is 3.99. The van der Waals surface area contributed by atoms with Crippen LogP contribution < -0.4 is 5.32 Å². The molecule has 1 saturated heterocycles. The Morgan fingerprint density at radius 1 is 1.03 bits per heavy atom. The Bertz CT molecular complexity index is 1270. The summed E-state index contributed by atoms with van der Waals surface area (Å²) >= 11 is 0. The molecule has 39 heavy (non-hydrogen) atoms. The van der Waals surface area contributed by atoms with E-state index in [1.165, 1.54) is 0 Å². The zero-order valence-electron chi connectivity index (χ0n) is 23.9. The molecule has 1 amide bonds. The van der Waals surface area contributed by atoms with Gasteiger partial charge in [0.1, 0.15) is 0 Å². The molecule has 0 atom stereocenters. The van der Waals surface area contributed by atoms with E-state index in [-0.39, 0.29) is 24.0 Å². The van der Waals surface area contributed by atoms with Gasteiger partial charge in [-0.2, -0.15) is 10.1 Å². The highest BCUT2D eigenvalue weighted by molar-refractivity contribution is 5.94. The van der Waals surface area contributed by atoms with E-state index in [4.69, 9.17) is 10.1 Å². The molecule has 3 aromatic heterocycles. The molecule has 4 heterocycles. The molecule has 9 nitrogen and oxygen atoms in total. The van der Waals surface area contributed by atoms with Gasteiger partial charge in [-0.1, -0.05) is 26.7 Å². The first-order valence-electron chi connectivity index (χ1n) is 14.8. The molecule has 9 heteroatoms. The van der Waals surface area contributed by atoms with Crippen LogP contribution in [0.2, 0.25) is 0 Å². The van der Waals surface area contributed by atoms with Crippen LogP contribution >= 0.6 is 0 Å². The number of hydrogen-bond acceptors (Lipinski definition) is 7. The molecule has 0 unspecified atom stereocenters. The number of aryl methyl sites for hydroxylation is 2. The predicted molar refractivity (Wildman–Crippen MR) is 153 cm³/mol. The summed E-state index contributed by atoms with van der Waals surface area (Å²) in [6.07, 6.45) is 9.07. The first kappa shape index (κ1) is 27.5. The van der Waals surface area contributed by atoms with Crippen molar-refractivity contribution in [3.05, 3.63) is 41.0 Å². The summed E-state index contributed by atoms with van der Waals surface area (Å²) in [5, 5.41) is 19.7. The minimum atomic E-state index is -0.218. The van der Waals surface area contributed by atoms with Gasteiger partial charge in [0.05, 0.1) is 23.2 Å². The van der Waals surface area contributed by atoms with Gasteiger partial charge in [-0.25, -0.2) is 9.67 Å². The van der Waals surface area contributed by atoms with Gasteiger partial charge < -0.3 is 15.3 Å². The van der Waals surface area contributed by atoms with Crippen molar-refractivity contribution in [3.8, 4) is 0 Å². The zero-order chi connectivity index (χ0) is 27.5. The Hall–Kier alpha value is -3.07. The molecule has 0 spiro atoms. The van der Waals surface area contributed by atoms with Crippen LogP contribution in [0.5, 0.6) is 0 Å². The molecular formula is C30H43N7O2.